The van der Waals surface area contributed by atoms with Gasteiger partial charge in [-0.1, -0.05) is 13.8 Å². The number of nitrogens with zero attached hydrogens (tertiary/aromatic N) is 2. The second-order valence-corrected chi connectivity index (χ2v) is 5.41. The van der Waals surface area contributed by atoms with E-state index in [0.29, 0.717) is 17.6 Å². The number of hydrogen-bond acceptors (Lipinski definition) is 5. The third-order valence-corrected chi connectivity index (χ3v) is 2.91. The summed E-state index contributed by atoms with van der Waals surface area (Å²) >= 11 is 1.27. The van der Waals surface area contributed by atoms with E-state index < -0.39 is 11.4 Å². The number of hydrogen-bond donors (Lipinski definition) is 2. The lowest BCUT2D eigenvalue weighted by Crippen LogP contribution is -2.31. The summed E-state index contributed by atoms with van der Waals surface area (Å²) < 4.78 is 4.18. The fourth-order valence-corrected chi connectivity index (χ4v) is 1.62. The number of anilines is 1. The molecule has 0 aliphatic carbocycles. The van der Waals surface area contributed by atoms with Gasteiger partial charge < -0.3 is 10.4 Å². The fourth-order valence-electron chi connectivity index (χ4n) is 0.913. The van der Waals surface area contributed by atoms with E-state index in [1.165, 1.54) is 11.5 Å². The first-order valence-corrected chi connectivity index (χ1v) is 5.91. The van der Waals surface area contributed by atoms with Crippen molar-refractivity contribution in [1.82, 2.24) is 9.36 Å². The largest absolute Gasteiger partial charge is 0.481 e. The van der Waals surface area contributed by atoms with Gasteiger partial charge in [-0.05, 0) is 13.8 Å². The first-order valence-electron chi connectivity index (χ1n) is 5.14. The second-order valence-electron chi connectivity index (χ2n) is 4.66. The highest BCUT2D eigenvalue weighted by Crippen LogP contribution is 2.20. The van der Waals surface area contributed by atoms with Crippen molar-refractivity contribution in [2.75, 3.05) is 11.9 Å². The molecule has 0 amide bonds. The van der Waals surface area contributed by atoms with E-state index in [1.54, 1.807) is 13.8 Å². The Bertz CT molecular complexity index is 374. The zero-order valence-electron chi connectivity index (χ0n) is 9.94. The van der Waals surface area contributed by atoms with Crippen LogP contribution in [0.15, 0.2) is 0 Å². The van der Waals surface area contributed by atoms with Crippen molar-refractivity contribution in [2.24, 2.45) is 5.41 Å². The van der Waals surface area contributed by atoms with Crippen LogP contribution in [0.2, 0.25) is 0 Å². The van der Waals surface area contributed by atoms with Crippen LogP contribution < -0.4 is 5.32 Å². The van der Waals surface area contributed by atoms with E-state index in [-0.39, 0.29) is 0 Å². The molecule has 0 saturated heterocycles. The molecule has 6 heteroatoms. The van der Waals surface area contributed by atoms with Crippen molar-refractivity contribution >= 4 is 22.6 Å². The Morgan fingerprint density at radius 2 is 2.19 bits per heavy atom. The normalized spacial score (nSPS) is 11.8. The Morgan fingerprint density at radius 3 is 2.62 bits per heavy atom. The standard InChI is InChI=1S/C10H17N3O2S/c1-6(2)7-12-9(16-13-7)11-5-10(3,4)8(14)15/h6H,5H2,1-4H3,(H,14,15)(H,11,12,13). The third-order valence-electron chi connectivity index (χ3n) is 2.22. The van der Waals surface area contributed by atoms with Crippen LogP contribution in [0.5, 0.6) is 0 Å². The van der Waals surface area contributed by atoms with Gasteiger partial charge in [-0.25, -0.2) is 4.98 Å². The molecule has 1 aromatic heterocycles. The summed E-state index contributed by atoms with van der Waals surface area (Å²) in [5, 5.41) is 12.6. The van der Waals surface area contributed by atoms with Crippen LogP contribution in [0.25, 0.3) is 0 Å². The van der Waals surface area contributed by atoms with Gasteiger partial charge in [0.05, 0.1) is 5.41 Å². The average Bonchev–Trinajstić information content (AvgIpc) is 2.63. The van der Waals surface area contributed by atoms with Crippen molar-refractivity contribution < 1.29 is 9.90 Å². The Balaban J connectivity index is 2.58. The summed E-state index contributed by atoms with van der Waals surface area (Å²) in [5.41, 5.74) is -0.802. The lowest BCUT2D eigenvalue weighted by Gasteiger charge is -2.18. The Morgan fingerprint density at radius 1 is 1.56 bits per heavy atom. The van der Waals surface area contributed by atoms with Crippen LogP contribution >= 0.6 is 11.5 Å². The molecule has 16 heavy (non-hydrogen) atoms. The maximum absolute atomic E-state index is 10.9. The average molecular weight is 243 g/mol. The SMILES string of the molecule is CC(C)c1nsc(NCC(C)(C)C(=O)O)n1. The van der Waals surface area contributed by atoms with Crippen LogP contribution in [-0.4, -0.2) is 27.0 Å². The zero-order valence-corrected chi connectivity index (χ0v) is 10.8. The first-order chi connectivity index (χ1) is 7.33. The topological polar surface area (TPSA) is 75.1 Å². The van der Waals surface area contributed by atoms with Crippen molar-refractivity contribution in [1.29, 1.82) is 0 Å². The Kier molecular flexibility index (Phi) is 3.85. The molecule has 0 radical (unpaired) electrons. The number of carbonyl (C=O) groups is 1. The lowest BCUT2D eigenvalue weighted by molar-refractivity contribution is -0.146. The van der Waals surface area contributed by atoms with Gasteiger partial charge in [0.2, 0.25) is 5.13 Å². The van der Waals surface area contributed by atoms with E-state index in [4.69, 9.17) is 5.11 Å². The van der Waals surface area contributed by atoms with Gasteiger partial charge in [-0.2, -0.15) is 4.37 Å². The molecule has 5 nitrogen and oxygen atoms in total. The molecular formula is C10H17N3O2S. The lowest BCUT2D eigenvalue weighted by atomic mass is 9.94. The van der Waals surface area contributed by atoms with Gasteiger partial charge in [0.25, 0.3) is 0 Å². The molecule has 0 aliphatic heterocycles. The number of carboxylic acids is 1. The predicted molar refractivity (Wildman–Crippen MR) is 63.9 cm³/mol. The Hall–Kier alpha value is -1.17. The van der Waals surface area contributed by atoms with Gasteiger partial charge in [0.1, 0.15) is 5.82 Å². The molecule has 0 unspecified atom stereocenters. The molecule has 0 fully saturated rings. The molecule has 2 N–H and O–H groups in total. The highest BCUT2D eigenvalue weighted by molar-refractivity contribution is 7.09. The fraction of sp³-hybridized carbons (Fsp3) is 0.700. The van der Waals surface area contributed by atoms with Gasteiger partial charge in [-0.3, -0.25) is 4.79 Å². The van der Waals surface area contributed by atoms with Gasteiger partial charge >= 0.3 is 5.97 Å². The molecule has 1 heterocycles. The molecule has 0 aliphatic rings. The molecule has 0 saturated carbocycles. The summed E-state index contributed by atoms with van der Waals surface area (Å²) in [5.74, 6) is 0.258. The van der Waals surface area contributed by atoms with Crippen LogP contribution in [0, 0.1) is 5.41 Å². The van der Waals surface area contributed by atoms with Crippen molar-refractivity contribution in [3.05, 3.63) is 5.82 Å². The highest BCUT2D eigenvalue weighted by Gasteiger charge is 2.27. The van der Waals surface area contributed by atoms with Crippen molar-refractivity contribution in [2.45, 2.75) is 33.6 Å². The van der Waals surface area contributed by atoms with E-state index in [2.05, 4.69) is 14.7 Å². The molecule has 0 bridgehead atoms. The van der Waals surface area contributed by atoms with Gasteiger partial charge in [0.15, 0.2) is 0 Å². The van der Waals surface area contributed by atoms with Crippen LogP contribution in [-0.2, 0) is 4.79 Å². The van der Waals surface area contributed by atoms with E-state index in [0.717, 1.165) is 5.82 Å². The Labute approximate surface area is 99.1 Å². The number of rotatable bonds is 5. The molecule has 1 aromatic rings. The summed E-state index contributed by atoms with van der Waals surface area (Å²) in [6.07, 6.45) is 0. The number of aromatic nitrogens is 2. The van der Waals surface area contributed by atoms with Crippen LogP contribution in [0.3, 0.4) is 0 Å². The zero-order chi connectivity index (χ0) is 12.3. The first kappa shape index (κ1) is 12.9. The smallest absolute Gasteiger partial charge is 0.310 e. The van der Waals surface area contributed by atoms with Crippen molar-refractivity contribution in [3.8, 4) is 0 Å². The summed E-state index contributed by atoms with van der Waals surface area (Å²) in [6, 6.07) is 0. The molecule has 1 rings (SSSR count). The monoisotopic (exact) mass is 243 g/mol. The minimum atomic E-state index is -0.825. The minimum absolute atomic E-state index is 0.291. The quantitative estimate of drug-likeness (QED) is 0.829. The molecular weight excluding hydrogens is 226 g/mol. The summed E-state index contributed by atoms with van der Waals surface area (Å²) in [4.78, 5) is 15.2. The van der Waals surface area contributed by atoms with Crippen LogP contribution in [0.1, 0.15) is 39.4 Å². The van der Waals surface area contributed by atoms with E-state index >= 15 is 0 Å². The summed E-state index contributed by atoms with van der Waals surface area (Å²) in [6.45, 7) is 7.73. The van der Waals surface area contributed by atoms with Gasteiger partial charge in [0, 0.05) is 24.0 Å². The predicted octanol–water partition coefficient (Wildman–Crippen LogP) is 2.18. The molecule has 0 spiro atoms. The highest BCUT2D eigenvalue weighted by atomic mass is 32.1. The van der Waals surface area contributed by atoms with Crippen molar-refractivity contribution in [3.63, 3.8) is 0 Å². The maximum Gasteiger partial charge on any atom is 0.310 e. The molecule has 90 valence electrons. The number of carboxylic acid groups (broad SMARTS) is 1. The van der Waals surface area contributed by atoms with E-state index in [9.17, 15) is 4.79 Å². The van der Waals surface area contributed by atoms with E-state index in [1.807, 2.05) is 13.8 Å². The third kappa shape index (κ3) is 3.16. The number of nitrogens with one attached hydrogen (secondary N) is 1. The number of aliphatic carboxylic acids is 1. The minimum Gasteiger partial charge on any atom is -0.481 e. The van der Waals surface area contributed by atoms with Gasteiger partial charge in [-0.15, -0.1) is 0 Å². The molecule has 0 atom stereocenters. The maximum atomic E-state index is 10.9. The second kappa shape index (κ2) is 4.78. The van der Waals surface area contributed by atoms with Crippen LogP contribution in [0.4, 0.5) is 5.13 Å². The summed E-state index contributed by atoms with van der Waals surface area (Å²) in [7, 11) is 0. The molecule has 0 aromatic carbocycles.